The predicted molar refractivity (Wildman–Crippen MR) is 69.9 cm³/mol. The van der Waals surface area contributed by atoms with Crippen molar-refractivity contribution in [3.63, 3.8) is 0 Å². The van der Waals surface area contributed by atoms with Crippen LogP contribution >= 0.6 is 0 Å². The molecule has 0 saturated carbocycles. The summed E-state index contributed by atoms with van der Waals surface area (Å²) < 4.78 is 5.20. The van der Waals surface area contributed by atoms with E-state index in [4.69, 9.17) is 9.63 Å². The number of hydrogen-bond acceptors (Lipinski definition) is 4. The SMILES string of the molecule is CC(C)(C)Cc1nc(-c2ccc(C(=O)O)cc2)no1. The van der Waals surface area contributed by atoms with Crippen molar-refractivity contribution in [2.45, 2.75) is 27.2 Å². The van der Waals surface area contributed by atoms with Gasteiger partial charge in [0.05, 0.1) is 5.56 Å². The van der Waals surface area contributed by atoms with E-state index in [2.05, 4.69) is 30.9 Å². The van der Waals surface area contributed by atoms with Crippen molar-refractivity contribution in [2.24, 2.45) is 5.41 Å². The Morgan fingerprint density at radius 2 is 1.89 bits per heavy atom. The highest BCUT2D eigenvalue weighted by atomic mass is 16.5. The lowest BCUT2D eigenvalue weighted by molar-refractivity contribution is 0.0697. The maximum absolute atomic E-state index is 10.8. The molecule has 1 heterocycles. The molecule has 2 rings (SSSR count). The van der Waals surface area contributed by atoms with Gasteiger partial charge in [0.1, 0.15) is 0 Å². The van der Waals surface area contributed by atoms with Crippen LogP contribution in [0.4, 0.5) is 0 Å². The molecule has 0 amide bonds. The van der Waals surface area contributed by atoms with Gasteiger partial charge >= 0.3 is 5.97 Å². The third kappa shape index (κ3) is 3.40. The van der Waals surface area contributed by atoms with E-state index in [0.717, 1.165) is 5.56 Å². The average Bonchev–Trinajstić information content (AvgIpc) is 2.75. The number of hydrogen-bond donors (Lipinski definition) is 1. The lowest BCUT2D eigenvalue weighted by atomic mass is 9.92. The largest absolute Gasteiger partial charge is 0.478 e. The predicted octanol–water partition coefficient (Wildman–Crippen LogP) is 3.02. The van der Waals surface area contributed by atoms with Crippen molar-refractivity contribution >= 4 is 5.97 Å². The third-order valence-corrected chi connectivity index (χ3v) is 2.54. The summed E-state index contributed by atoms with van der Waals surface area (Å²) in [6.07, 6.45) is 0.702. The Labute approximate surface area is 111 Å². The molecule has 1 aromatic heterocycles. The van der Waals surface area contributed by atoms with Gasteiger partial charge in [-0.3, -0.25) is 0 Å². The molecule has 0 fully saturated rings. The molecule has 0 saturated heterocycles. The van der Waals surface area contributed by atoms with Gasteiger partial charge in [-0.25, -0.2) is 4.79 Å². The van der Waals surface area contributed by atoms with E-state index >= 15 is 0 Å². The van der Waals surface area contributed by atoms with Crippen molar-refractivity contribution in [2.75, 3.05) is 0 Å². The fraction of sp³-hybridized carbons (Fsp3) is 0.357. The van der Waals surface area contributed by atoms with Crippen LogP contribution in [0.15, 0.2) is 28.8 Å². The van der Waals surface area contributed by atoms with E-state index < -0.39 is 5.97 Å². The number of rotatable bonds is 3. The number of benzene rings is 1. The summed E-state index contributed by atoms with van der Waals surface area (Å²) in [5, 5.41) is 12.7. The molecule has 0 aliphatic carbocycles. The minimum absolute atomic E-state index is 0.0803. The maximum atomic E-state index is 10.8. The highest BCUT2D eigenvalue weighted by molar-refractivity contribution is 5.88. The highest BCUT2D eigenvalue weighted by Gasteiger charge is 2.17. The molecule has 2 aromatic rings. The van der Waals surface area contributed by atoms with Crippen LogP contribution in [-0.4, -0.2) is 21.2 Å². The standard InChI is InChI=1S/C14H16N2O3/c1-14(2,3)8-11-15-12(16-19-11)9-4-6-10(7-5-9)13(17)18/h4-7H,8H2,1-3H3,(H,17,18). The van der Waals surface area contributed by atoms with Crippen molar-refractivity contribution in [3.8, 4) is 11.4 Å². The van der Waals surface area contributed by atoms with Crippen LogP contribution < -0.4 is 0 Å². The summed E-state index contributed by atoms with van der Waals surface area (Å²) in [4.78, 5) is 15.1. The van der Waals surface area contributed by atoms with E-state index in [1.807, 2.05) is 0 Å². The molecule has 0 radical (unpaired) electrons. The molecule has 5 heteroatoms. The molecule has 0 bridgehead atoms. The molecule has 0 unspecified atom stereocenters. The van der Waals surface area contributed by atoms with Crippen molar-refractivity contribution in [3.05, 3.63) is 35.7 Å². The van der Waals surface area contributed by atoms with Crippen molar-refractivity contribution < 1.29 is 14.4 Å². The molecule has 5 nitrogen and oxygen atoms in total. The zero-order chi connectivity index (χ0) is 14.0. The Morgan fingerprint density at radius 1 is 1.26 bits per heavy atom. The summed E-state index contributed by atoms with van der Waals surface area (Å²) in [5.41, 5.74) is 1.06. The lowest BCUT2D eigenvalue weighted by Gasteiger charge is -2.13. The summed E-state index contributed by atoms with van der Waals surface area (Å²) in [7, 11) is 0. The molecule has 0 aliphatic heterocycles. The van der Waals surface area contributed by atoms with E-state index in [-0.39, 0.29) is 11.0 Å². The Kier molecular flexibility index (Phi) is 3.38. The molecule has 100 valence electrons. The van der Waals surface area contributed by atoms with Gasteiger partial charge in [-0.2, -0.15) is 4.98 Å². The van der Waals surface area contributed by atoms with Crippen molar-refractivity contribution in [1.82, 2.24) is 10.1 Å². The Balaban J connectivity index is 2.20. The highest BCUT2D eigenvalue weighted by Crippen LogP contribution is 2.22. The van der Waals surface area contributed by atoms with Crippen LogP contribution in [0, 0.1) is 5.41 Å². The van der Waals surface area contributed by atoms with Crippen LogP contribution in [-0.2, 0) is 6.42 Å². The number of aromatic carboxylic acids is 1. The summed E-state index contributed by atoms with van der Waals surface area (Å²) in [6.45, 7) is 6.29. The molecule has 0 atom stereocenters. The first-order valence-corrected chi connectivity index (χ1v) is 6.01. The van der Waals surface area contributed by atoms with Gasteiger partial charge in [0.2, 0.25) is 11.7 Å². The van der Waals surface area contributed by atoms with Gasteiger partial charge in [0, 0.05) is 12.0 Å². The smallest absolute Gasteiger partial charge is 0.335 e. The monoisotopic (exact) mass is 260 g/mol. The summed E-state index contributed by atoms with van der Waals surface area (Å²) in [5.74, 6) is 0.120. The second kappa shape index (κ2) is 4.84. The number of nitrogens with zero attached hydrogens (tertiary/aromatic N) is 2. The van der Waals surface area contributed by atoms with Crippen LogP contribution in [0.2, 0.25) is 0 Å². The van der Waals surface area contributed by atoms with Crippen LogP contribution in [0.3, 0.4) is 0 Å². The van der Waals surface area contributed by atoms with Crippen molar-refractivity contribution in [1.29, 1.82) is 0 Å². The second-order valence-electron chi connectivity index (χ2n) is 5.63. The topological polar surface area (TPSA) is 76.2 Å². The van der Waals surface area contributed by atoms with E-state index in [1.54, 1.807) is 12.1 Å². The molecule has 19 heavy (non-hydrogen) atoms. The second-order valence-corrected chi connectivity index (χ2v) is 5.63. The first-order chi connectivity index (χ1) is 8.85. The van der Waals surface area contributed by atoms with Crippen LogP contribution in [0.5, 0.6) is 0 Å². The van der Waals surface area contributed by atoms with E-state index in [0.29, 0.717) is 18.1 Å². The molecule has 1 aromatic carbocycles. The fourth-order valence-electron chi connectivity index (χ4n) is 1.66. The van der Waals surface area contributed by atoms with Gasteiger partial charge in [0.15, 0.2) is 0 Å². The molecule has 0 aliphatic rings. The summed E-state index contributed by atoms with van der Waals surface area (Å²) in [6, 6.07) is 6.40. The third-order valence-electron chi connectivity index (χ3n) is 2.54. The quantitative estimate of drug-likeness (QED) is 0.917. The van der Waals surface area contributed by atoms with Gasteiger partial charge < -0.3 is 9.63 Å². The summed E-state index contributed by atoms with van der Waals surface area (Å²) >= 11 is 0. The lowest BCUT2D eigenvalue weighted by Crippen LogP contribution is -2.09. The zero-order valence-electron chi connectivity index (χ0n) is 11.2. The number of carboxylic acids is 1. The minimum atomic E-state index is -0.951. The molecule has 0 spiro atoms. The van der Waals surface area contributed by atoms with Gasteiger partial charge in [-0.15, -0.1) is 0 Å². The Hall–Kier alpha value is -2.17. The van der Waals surface area contributed by atoms with Gasteiger partial charge in [-0.1, -0.05) is 38.1 Å². The van der Waals surface area contributed by atoms with Crippen LogP contribution in [0.1, 0.15) is 37.0 Å². The molecule has 1 N–H and O–H groups in total. The fourth-order valence-corrected chi connectivity index (χ4v) is 1.66. The first kappa shape index (κ1) is 13.3. The number of carbonyl (C=O) groups is 1. The number of aromatic nitrogens is 2. The van der Waals surface area contributed by atoms with Crippen LogP contribution in [0.25, 0.3) is 11.4 Å². The van der Waals surface area contributed by atoms with Gasteiger partial charge in [-0.05, 0) is 17.5 Å². The van der Waals surface area contributed by atoms with E-state index in [9.17, 15) is 4.79 Å². The Morgan fingerprint density at radius 3 is 2.42 bits per heavy atom. The van der Waals surface area contributed by atoms with E-state index in [1.165, 1.54) is 12.1 Å². The minimum Gasteiger partial charge on any atom is -0.478 e. The zero-order valence-corrected chi connectivity index (χ0v) is 11.2. The average molecular weight is 260 g/mol. The normalized spacial score (nSPS) is 11.5. The Bertz CT molecular complexity index is 579. The van der Waals surface area contributed by atoms with Gasteiger partial charge in [0.25, 0.3) is 0 Å². The molecular weight excluding hydrogens is 244 g/mol. The molecular formula is C14H16N2O3. The first-order valence-electron chi connectivity index (χ1n) is 6.01. The number of carboxylic acid groups (broad SMARTS) is 1. The maximum Gasteiger partial charge on any atom is 0.335 e.